The van der Waals surface area contributed by atoms with Gasteiger partial charge in [0.1, 0.15) is 5.82 Å². The fraction of sp³-hybridized carbons (Fsp3) is 0.611. The Bertz CT molecular complexity index is 581. The van der Waals surface area contributed by atoms with Crippen LogP contribution >= 0.6 is 24.0 Å². The Labute approximate surface area is 171 Å². The van der Waals surface area contributed by atoms with E-state index in [2.05, 4.69) is 15.6 Å². The number of benzene rings is 1. The van der Waals surface area contributed by atoms with E-state index in [-0.39, 0.29) is 48.4 Å². The number of aliphatic imine (C=N–C) groups is 1. The van der Waals surface area contributed by atoms with Crippen LogP contribution in [0.15, 0.2) is 23.2 Å². The molecule has 0 amide bonds. The maximum absolute atomic E-state index is 13.7. The third kappa shape index (κ3) is 6.64. The van der Waals surface area contributed by atoms with Gasteiger partial charge in [0.15, 0.2) is 5.96 Å². The van der Waals surface area contributed by atoms with Crippen LogP contribution in [0.5, 0.6) is 0 Å². The SMILES string of the molecule is CN=C(NCc1ccc(F)c(COC)c1)NCC1(CCO)CCOC1.I. The highest BCUT2D eigenvalue weighted by Gasteiger charge is 2.34. The lowest BCUT2D eigenvalue weighted by Gasteiger charge is -2.27. The average Bonchev–Trinajstić information content (AvgIpc) is 3.07. The Hall–Kier alpha value is -0.970. The molecule has 1 saturated heterocycles. The molecular weight excluding hydrogens is 452 g/mol. The number of hydrogen-bond donors (Lipinski definition) is 3. The van der Waals surface area contributed by atoms with Crippen LogP contribution in [0.25, 0.3) is 0 Å². The lowest BCUT2D eigenvalue weighted by Crippen LogP contribution is -2.44. The Balaban J connectivity index is 0.00000338. The van der Waals surface area contributed by atoms with E-state index in [1.807, 2.05) is 0 Å². The van der Waals surface area contributed by atoms with Crippen LogP contribution in [0, 0.1) is 11.2 Å². The monoisotopic (exact) mass is 481 g/mol. The first-order valence-electron chi connectivity index (χ1n) is 8.52. The molecule has 6 nitrogen and oxygen atoms in total. The first kappa shape index (κ1) is 23.1. The molecular formula is C18H29FIN3O3. The Morgan fingerprint density at radius 2 is 2.23 bits per heavy atom. The lowest BCUT2D eigenvalue weighted by molar-refractivity contribution is 0.127. The summed E-state index contributed by atoms with van der Waals surface area (Å²) >= 11 is 0. The fourth-order valence-corrected chi connectivity index (χ4v) is 2.99. The molecule has 26 heavy (non-hydrogen) atoms. The van der Waals surface area contributed by atoms with E-state index in [0.29, 0.717) is 37.6 Å². The van der Waals surface area contributed by atoms with Gasteiger partial charge in [-0.15, -0.1) is 24.0 Å². The number of guanidine groups is 1. The van der Waals surface area contributed by atoms with Gasteiger partial charge in [-0.2, -0.15) is 0 Å². The molecule has 0 aromatic heterocycles. The molecule has 3 N–H and O–H groups in total. The van der Waals surface area contributed by atoms with E-state index in [9.17, 15) is 9.50 Å². The van der Waals surface area contributed by atoms with Crippen molar-refractivity contribution in [3.63, 3.8) is 0 Å². The van der Waals surface area contributed by atoms with Crippen molar-refractivity contribution >= 4 is 29.9 Å². The van der Waals surface area contributed by atoms with Crippen molar-refractivity contribution in [3.8, 4) is 0 Å². The smallest absolute Gasteiger partial charge is 0.191 e. The van der Waals surface area contributed by atoms with Crippen molar-refractivity contribution in [2.24, 2.45) is 10.4 Å². The molecule has 2 rings (SSSR count). The van der Waals surface area contributed by atoms with E-state index in [1.54, 1.807) is 26.3 Å². The third-order valence-corrected chi connectivity index (χ3v) is 4.55. The van der Waals surface area contributed by atoms with Crippen molar-refractivity contribution in [1.82, 2.24) is 10.6 Å². The van der Waals surface area contributed by atoms with E-state index >= 15 is 0 Å². The van der Waals surface area contributed by atoms with Crippen molar-refractivity contribution in [3.05, 3.63) is 35.1 Å². The second-order valence-corrected chi connectivity index (χ2v) is 6.41. The van der Waals surface area contributed by atoms with Gasteiger partial charge < -0.3 is 25.2 Å². The highest BCUT2D eigenvalue weighted by atomic mass is 127. The maximum Gasteiger partial charge on any atom is 0.191 e. The first-order valence-corrected chi connectivity index (χ1v) is 8.52. The number of rotatable bonds is 8. The average molecular weight is 481 g/mol. The zero-order valence-corrected chi connectivity index (χ0v) is 17.7. The van der Waals surface area contributed by atoms with Gasteiger partial charge in [0.2, 0.25) is 0 Å². The summed E-state index contributed by atoms with van der Waals surface area (Å²) in [7, 11) is 3.26. The minimum atomic E-state index is -0.264. The molecule has 0 saturated carbocycles. The van der Waals surface area contributed by atoms with Gasteiger partial charge in [-0.25, -0.2) is 4.39 Å². The van der Waals surface area contributed by atoms with Crippen LogP contribution in [-0.2, 0) is 22.6 Å². The number of aliphatic hydroxyl groups is 1. The molecule has 0 radical (unpaired) electrons. The van der Waals surface area contributed by atoms with Gasteiger partial charge in [0.05, 0.1) is 13.2 Å². The van der Waals surface area contributed by atoms with Crippen LogP contribution in [0.4, 0.5) is 4.39 Å². The standard InChI is InChI=1S/C18H28FN3O3.HI/c1-20-17(22-12-18(5-7-23)6-8-25-13-18)21-10-14-3-4-16(19)15(9-14)11-24-2;/h3-4,9,23H,5-8,10-13H2,1-2H3,(H2,20,21,22);1H. The van der Waals surface area contributed by atoms with E-state index in [0.717, 1.165) is 18.6 Å². The second kappa shape index (κ2) is 11.7. The summed E-state index contributed by atoms with van der Waals surface area (Å²) in [5.41, 5.74) is 1.44. The van der Waals surface area contributed by atoms with Crippen LogP contribution in [-0.4, -0.2) is 51.6 Å². The third-order valence-electron chi connectivity index (χ3n) is 4.55. The first-order chi connectivity index (χ1) is 12.1. The molecule has 0 aliphatic carbocycles. The summed E-state index contributed by atoms with van der Waals surface area (Å²) in [4.78, 5) is 4.22. The molecule has 1 atom stereocenters. The van der Waals surface area contributed by atoms with Crippen LogP contribution in [0.3, 0.4) is 0 Å². The molecule has 0 bridgehead atoms. The molecule has 1 aromatic rings. The van der Waals surface area contributed by atoms with Crippen molar-refractivity contribution in [2.75, 3.05) is 40.5 Å². The van der Waals surface area contributed by atoms with Gasteiger partial charge in [0.25, 0.3) is 0 Å². The van der Waals surface area contributed by atoms with E-state index in [4.69, 9.17) is 9.47 Å². The Morgan fingerprint density at radius 1 is 1.42 bits per heavy atom. The zero-order chi connectivity index (χ0) is 18.1. The number of halogens is 2. The summed E-state index contributed by atoms with van der Waals surface area (Å²) in [5, 5.41) is 15.8. The fourth-order valence-electron chi connectivity index (χ4n) is 2.99. The normalized spacial score (nSPS) is 19.9. The molecule has 8 heteroatoms. The Morgan fingerprint density at radius 3 is 2.85 bits per heavy atom. The minimum absolute atomic E-state index is 0. The van der Waals surface area contributed by atoms with Crippen LogP contribution in [0.1, 0.15) is 24.0 Å². The number of hydrogen-bond acceptors (Lipinski definition) is 4. The van der Waals surface area contributed by atoms with Gasteiger partial charge in [-0.3, -0.25) is 4.99 Å². The molecule has 1 aliphatic rings. The summed E-state index contributed by atoms with van der Waals surface area (Å²) < 4.78 is 24.2. The topological polar surface area (TPSA) is 75.1 Å². The molecule has 148 valence electrons. The van der Waals surface area contributed by atoms with Gasteiger partial charge >= 0.3 is 0 Å². The van der Waals surface area contributed by atoms with Gasteiger partial charge in [-0.05, 0) is 30.5 Å². The number of nitrogens with zero attached hydrogens (tertiary/aromatic N) is 1. The number of nitrogens with one attached hydrogen (secondary N) is 2. The largest absolute Gasteiger partial charge is 0.396 e. The molecule has 1 heterocycles. The van der Waals surface area contributed by atoms with Crippen molar-refractivity contribution in [2.45, 2.75) is 26.0 Å². The summed E-state index contributed by atoms with van der Waals surface area (Å²) in [6, 6.07) is 4.98. The predicted molar refractivity (Wildman–Crippen MR) is 110 cm³/mol. The number of aliphatic hydroxyl groups excluding tert-OH is 1. The number of methoxy groups -OCH3 is 1. The molecule has 1 unspecified atom stereocenters. The molecule has 0 spiro atoms. The summed E-state index contributed by atoms with van der Waals surface area (Å²) in [6.07, 6.45) is 1.63. The molecule has 1 aliphatic heterocycles. The van der Waals surface area contributed by atoms with Crippen molar-refractivity contribution in [1.29, 1.82) is 0 Å². The summed E-state index contributed by atoms with van der Waals surface area (Å²) in [6.45, 7) is 2.98. The van der Waals surface area contributed by atoms with Crippen LogP contribution < -0.4 is 10.6 Å². The Kier molecular flexibility index (Phi) is 10.4. The molecule has 1 aromatic carbocycles. The van der Waals surface area contributed by atoms with Crippen molar-refractivity contribution < 1.29 is 19.0 Å². The highest BCUT2D eigenvalue weighted by molar-refractivity contribution is 14.0. The van der Waals surface area contributed by atoms with Crippen LogP contribution in [0.2, 0.25) is 0 Å². The lowest BCUT2D eigenvalue weighted by atomic mass is 9.84. The predicted octanol–water partition coefficient (Wildman–Crippen LogP) is 2.04. The van der Waals surface area contributed by atoms with E-state index in [1.165, 1.54) is 6.07 Å². The number of ether oxygens (including phenoxy) is 2. The summed E-state index contributed by atoms with van der Waals surface area (Å²) in [5.74, 6) is 0.405. The highest BCUT2D eigenvalue weighted by Crippen LogP contribution is 2.31. The zero-order valence-electron chi connectivity index (χ0n) is 15.4. The van der Waals surface area contributed by atoms with Gasteiger partial charge in [0, 0.05) is 51.4 Å². The molecule has 1 fully saturated rings. The minimum Gasteiger partial charge on any atom is -0.396 e. The van der Waals surface area contributed by atoms with E-state index < -0.39 is 0 Å². The second-order valence-electron chi connectivity index (χ2n) is 6.41. The quantitative estimate of drug-likeness (QED) is 0.301. The maximum atomic E-state index is 13.7. The van der Waals surface area contributed by atoms with Gasteiger partial charge in [-0.1, -0.05) is 6.07 Å².